The zero-order valence-electron chi connectivity index (χ0n) is 13.7. The number of fused-ring (bicyclic) bond motifs is 1. The van der Waals surface area contributed by atoms with E-state index in [2.05, 4.69) is 26.8 Å². The number of aryl methyl sites for hydroxylation is 1. The fourth-order valence-electron chi connectivity index (χ4n) is 2.59. The highest BCUT2D eigenvalue weighted by Crippen LogP contribution is 2.23. The van der Waals surface area contributed by atoms with Crippen molar-refractivity contribution in [1.82, 2.24) is 19.9 Å². The molecule has 0 saturated heterocycles. The van der Waals surface area contributed by atoms with Crippen molar-refractivity contribution in [2.45, 2.75) is 39.8 Å². The number of anilines is 1. The second-order valence-corrected chi connectivity index (χ2v) is 6.61. The second-order valence-electron chi connectivity index (χ2n) is 5.77. The smallest absolute Gasteiger partial charge is 0.225 e. The van der Waals surface area contributed by atoms with Gasteiger partial charge in [-0.3, -0.25) is 14.6 Å². The number of carbonyl (C=O) groups excluding carboxylic acids is 1. The van der Waals surface area contributed by atoms with Crippen LogP contribution in [0.25, 0.3) is 0 Å². The van der Waals surface area contributed by atoms with Gasteiger partial charge in [0.05, 0.1) is 11.4 Å². The van der Waals surface area contributed by atoms with Crippen LogP contribution in [0.2, 0.25) is 0 Å². The Morgan fingerprint density at radius 1 is 1.43 bits per heavy atom. The van der Waals surface area contributed by atoms with Gasteiger partial charge in [0.2, 0.25) is 5.91 Å². The number of thiazole rings is 1. The van der Waals surface area contributed by atoms with Crippen LogP contribution in [0, 0.1) is 0 Å². The molecule has 122 valence electrons. The van der Waals surface area contributed by atoms with E-state index in [1.807, 2.05) is 11.6 Å². The molecule has 0 bridgehead atoms. The third kappa shape index (κ3) is 3.56. The minimum atomic E-state index is 0.00148. The van der Waals surface area contributed by atoms with E-state index in [0.717, 1.165) is 54.8 Å². The number of carbonyl (C=O) groups is 1. The normalized spacial score (nSPS) is 14.6. The van der Waals surface area contributed by atoms with Crippen molar-refractivity contribution < 1.29 is 4.79 Å². The molecule has 23 heavy (non-hydrogen) atoms. The maximum Gasteiger partial charge on any atom is 0.225 e. The summed E-state index contributed by atoms with van der Waals surface area (Å²) < 4.78 is 0. The first kappa shape index (κ1) is 16.0. The van der Waals surface area contributed by atoms with Crippen molar-refractivity contribution in [3.8, 4) is 0 Å². The fraction of sp³-hybridized carbons (Fsp3) is 0.500. The third-order valence-corrected chi connectivity index (χ3v) is 5.04. The summed E-state index contributed by atoms with van der Waals surface area (Å²) in [5.74, 6) is 0.909. The van der Waals surface area contributed by atoms with Gasteiger partial charge in [0.1, 0.15) is 5.82 Å². The molecular formula is C16H21N5OS. The minimum Gasteiger partial charge on any atom is -0.292 e. The first-order chi connectivity index (χ1) is 11.1. The first-order valence-electron chi connectivity index (χ1n) is 7.81. The molecule has 7 heteroatoms. The van der Waals surface area contributed by atoms with Crippen LogP contribution in [0.4, 0.5) is 5.13 Å². The number of hydrogen-bond acceptors (Lipinski definition) is 6. The van der Waals surface area contributed by atoms with E-state index >= 15 is 0 Å². The summed E-state index contributed by atoms with van der Waals surface area (Å²) >= 11 is 1.51. The zero-order chi connectivity index (χ0) is 16.4. The summed E-state index contributed by atoms with van der Waals surface area (Å²) in [5, 5.41) is 2.78. The summed E-state index contributed by atoms with van der Waals surface area (Å²) in [6.45, 7) is 6.23. The molecule has 0 aliphatic carbocycles. The fourth-order valence-corrected chi connectivity index (χ4v) is 3.42. The number of hydrogen-bond donors (Lipinski definition) is 0. The SMILES string of the molecule is CCc1ncc2c(n1)CN(Cc1csc(N(C)C(C)=O)n1)CC2. The van der Waals surface area contributed by atoms with Crippen molar-refractivity contribution >= 4 is 22.4 Å². The molecule has 0 unspecified atom stereocenters. The quantitative estimate of drug-likeness (QED) is 0.858. The predicted octanol–water partition coefficient (Wildman–Crippen LogP) is 2.04. The van der Waals surface area contributed by atoms with Crippen molar-refractivity contribution in [2.75, 3.05) is 18.5 Å². The lowest BCUT2D eigenvalue weighted by Gasteiger charge is -2.27. The molecule has 3 rings (SSSR count). The van der Waals surface area contributed by atoms with Crippen molar-refractivity contribution in [2.24, 2.45) is 0 Å². The molecule has 2 aromatic heterocycles. The molecule has 3 heterocycles. The highest BCUT2D eigenvalue weighted by molar-refractivity contribution is 7.14. The van der Waals surface area contributed by atoms with Crippen LogP contribution in [0.15, 0.2) is 11.6 Å². The van der Waals surface area contributed by atoms with Gasteiger partial charge in [0, 0.05) is 51.6 Å². The largest absolute Gasteiger partial charge is 0.292 e. The molecular weight excluding hydrogens is 310 g/mol. The topological polar surface area (TPSA) is 62.2 Å². The number of nitrogens with zero attached hydrogens (tertiary/aromatic N) is 5. The van der Waals surface area contributed by atoms with Crippen LogP contribution < -0.4 is 4.90 Å². The van der Waals surface area contributed by atoms with E-state index in [4.69, 9.17) is 0 Å². The lowest BCUT2D eigenvalue weighted by molar-refractivity contribution is -0.116. The molecule has 0 N–H and O–H groups in total. The molecule has 0 aromatic carbocycles. The van der Waals surface area contributed by atoms with E-state index < -0.39 is 0 Å². The van der Waals surface area contributed by atoms with Gasteiger partial charge in [0.15, 0.2) is 5.13 Å². The summed E-state index contributed by atoms with van der Waals surface area (Å²) in [6, 6.07) is 0. The predicted molar refractivity (Wildman–Crippen MR) is 90.4 cm³/mol. The van der Waals surface area contributed by atoms with E-state index in [-0.39, 0.29) is 5.91 Å². The van der Waals surface area contributed by atoms with Crippen molar-refractivity contribution in [3.05, 3.63) is 34.4 Å². The molecule has 2 aromatic rings. The number of rotatable bonds is 4. The molecule has 1 aliphatic rings. The summed E-state index contributed by atoms with van der Waals surface area (Å²) in [7, 11) is 1.76. The van der Waals surface area contributed by atoms with E-state index in [0.29, 0.717) is 0 Å². The Kier molecular flexibility index (Phi) is 4.68. The van der Waals surface area contributed by atoms with Gasteiger partial charge in [-0.15, -0.1) is 11.3 Å². The molecule has 1 amide bonds. The van der Waals surface area contributed by atoms with Crippen LogP contribution in [-0.2, 0) is 30.7 Å². The molecule has 0 atom stereocenters. The highest BCUT2D eigenvalue weighted by atomic mass is 32.1. The van der Waals surface area contributed by atoms with Crippen LogP contribution in [0.3, 0.4) is 0 Å². The summed E-state index contributed by atoms with van der Waals surface area (Å²) in [4.78, 5) is 28.9. The summed E-state index contributed by atoms with van der Waals surface area (Å²) in [6.07, 6.45) is 3.81. The average molecular weight is 331 g/mol. The van der Waals surface area contributed by atoms with E-state index in [9.17, 15) is 4.79 Å². The average Bonchev–Trinajstić information content (AvgIpc) is 3.01. The molecule has 0 spiro atoms. The Balaban J connectivity index is 1.68. The van der Waals surface area contributed by atoms with Gasteiger partial charge in [-0.25, -0.2) is 15.0 Å². The maximum absolute atomic E-state index is 11.4. The van der Waals surface area contributed by atoms with Gasteiger partial charge in [-0.1, -0.05) is 6.92 Å². The van der Waals surface area contributed by atoms with E-state index in [1.54, 1.807) is 18.9 Å². The van der Waals surface area contributed by atoms with Gasteiger partial charge in [-0.2, -0.15) is 0 Å². The number of amides is 1. The van der Waals surface area contributed by atoms with Crippen molar-refractivity contribution in [1.29, 1.82) is 0 Å². The monoisotopic (exact) mass is 331 g/mol. The Morgan fingerprint density at radius 2 is 2.26 bits per heavy atom. The van der Waals surface area contributed by atoms with Crippen LogP contribution in [-0.4, -0.2) is 39.4 Å². The zero-order valence-corrected chi connectivity index (χ0v) is 14.6. The van der Waals surface area contributed by atoms with E-state index in [1.165, 1.54) is 16.9 Å². The van der Waals surface area contributed by atoms with Crippen LogP contribution in [0.1, 0.15) is 36.6 Å². The van der Waals surface area contributed by atoms with Crippen LogP contribution in [0.5, 0.6) is 0 Å². The summed E-state index contributed by atoms with van der Waals surface area (Å²) in [5.41, 5.74) is 3.40. The van der Waals surface area contributed by atoms with Gasteiger partial charge in [-0.05, 0) is 12.0 Å². The molecule has 0 fully saturated rings. The molecule has 0 saturated carbocycles. The van der Waals surface area contributed by atoms with Gasteiger partial charge >= 0.3 is 0 Å². The molecule has 0 radical (unpaired) electrons. The Bertz CT molecular complexity index is 714. The lowest BCUT2D eigenvalue weighted by atomic mass is 10.1. The second kappa shape index (κ2) is 6.72. The Hall–Kier alpha value is -1.86. The molecule has 6 nitrogen and oxygen atoms in total. The Labute approximate surface area is 140 Å². The Morgan fingerprint density at radius 3 is 3.00 bits per heavy atom. The highest BCUT2D eigenvalue weighted by Gasteiger charge is 2.20. The van der Waals surface area contributed by atoms with Gasteiger partial charge < -0.3 is 0 Å². The maximum atomic E-state index is 11.4. The van der Waals surface area contributed by atoms with Gasteiger partial charge in [0.25, 0.3) is 0 Å². The first-order valence-corrected chi connectivity index (χ1v) is 8.69. The third-order valence-electron chi connectivity index (χ3n) is 4.08. The van der Waals surface area contributed by atoms with Crippen LogP contribution >= 0.6 is 11.3 Å². The minimum absolute atomic E-state index is 0.00148. The lowest BCUT2D eigenvalue weighted by Crippen LogP contribution is -2.31. The standard InChI is InChI=1S/C16H21N5OS/c1-4-15-17-7-12-5-6-21(9-14(12)19-15)8-13-10-23-16(18-13)20(3)11(2)22/h7,10H,4-6,8-9H2,1-3H3. The molecule has 1 aliphatic heterocycles. The number of aromatic nitrogens is 3. The van der Waals surface area contributed by atoms with Crippen molar-refractivity contribution in [3.63, 3.8) is 0 Å².